The van der Waals surface area contributed by atoms with Crippen LogP contribution in [-0.4, -0.2) is 41.5 Å². The molecule has 7 nitrogen and oxygen atoms in total. The van der Waals surface area contributed by atoms with Gasteiger partial charge in [0.25, 0.3) is 15.9 Å². The minimum absolute atomic E-state index is 0.107. The number of aromatic nitrogens is 2. The second kappa shape index (κ2) is 8.22. The SMILES string of the molecule is CCn1cc(C(=O)NCc2cccc(C)c2)c(S(=O)(=O)N2CCCCC2)n1. The number of benzene rings is 1. The van der Waals surface area contributed by atoms with E-state index >= 15 is 0 Å². The summed E-state index contributed by atoms with van der Waals surface area (Å²) < 4.78 is 29.0. The molecule has 1 N–H and O–H groups in total. The van der Waals surface area contributed by atoms with E-state index in [1.165, 1.54) is 15.2 Å². The Balaban J connectivity index is 1.84. The van der Waals surface area contributed by atoms with Crippen LogP contribution in [0.15, 0.2) is 35.5 Å². The smallest absolute Gasteiger partial charge is 0.263 e. The number of nitrogens with one attached hydrogen (secondary N) is 1. The van der Waals surface area contributed by atoms with E-state index in [2.05, 4.69) is 10.4 Å². The molecular weight excluding hydrogens is 364 g/mol. The first-order chi connectivity index (χ1) is 12.9. The Bertz CT molecular complexity index is 915. The summed E-state index contributed by atoms with van der Waals surface area (Å²) in [6.07, 6.45) is 4.22. The van der Waals surface area contributed by atoms with Gasteiger partial charge in [0, 0.05) is 32.4 Å². The van der Waals surface area contributed by atoms with E-state index < -0.39 is 15.9 Å². The summed E-state index contributed by atoms with van der Waals surface area (Å²) in [5, 5.41) is 6.87. The Labute approximate surface area is 160 Å². The molecule has 1 aromatic heterocycles. The standard InChI is InChI=1S/C19H26N4O3S/c1-3-22-14-17(18(24)20-13-16-9-7-8-15(2)12-16)19(21-22)27(25,26)23-10-5-4-6-11-23/h7-9,12,14H,3-6,10-11,13H2,1-2H3,(H,20,24). The fourth-order valence-corrected chi connectivity index (χ4v) is 4.85. The third kappa shape index (κ3) is 4.39. The van der Waals surface area contributed by atoms with Crippen LogP contribution in [0.3, 0.4) is 0 Å². The molecule has 2 aromatic rings. The molecule has 0 spiro atoms. The molecule has 0 radical (unpaired) electrons. The highest BCUT2D eigenvalue weighted by Gasteiger charge is 2.33. The number of piperidine rings is 1. The molecule has 146 valence electrons. The van der Waals surface area contributed by atoms with Crippen molar-refractivity contribution < 1.29 is 13.2 Å². The Morgan fingerprint density at radius 3 is 2.63 bits per heavy atom. The number of aryl methyl sites for hydroxylation is 2. The van der Waals surface area contributed by atoms with E-state index in [0.717, 1.165) is 30.4 Å². The molecule has 27 heavy (non-hydrogen) atoms. The van der Waals surface area contributed by atoms with E-state index in [9.17, 15) is 13.2 Å². The van der Waals surface area contributed by atoms with Gasteiger partial charge in [-0.3, -0.25) is 9.48 Å². The van der Waals surface area contributed by atoms with Gasteiger partial charge in [0.15, 0.2) is 0 Å². The summed E-state index contributed by atoms with van der Waals surface area (Å²) in [5.74, 6) is -0.424. The first kappa shape index (κ1) is 19.6. The van der Waals surface area contributed by atoms with Crippen molar-refractivity contribution in [3.63, 3.8) is 0 Å². The second-order valence-corrected chi connectivity index (χ2v) is 8.69. The van der Waals surface area contributed by atoms with E-state index in [0.29, 0.717) is 26.2 Å². The van der Waals surface area contributed by atoms with Crippen molar-refractivity contribution in [2.75, 3.05) is 13.1 Å². The minimum Gasteiger partial charge on any atom is -0.348 e. The lowest BCUT2D eigenvalue weighted by Gasteiger charge is -2.25. The number of nitrogens with zero attached hydrogens (tertiary/aromatic N) is 3. The summed E-state index contributed by atoms with van der Waals surface area (Å²) >= 11 is 0. The zero-order chi connectivity index (χ0) is 19.4. The molecule has 1 fully saturated rings. The molecule has 0 saturated carbocycles. The molecular formula is C19H26N4O3S. The molecule has 3 rings (SSSR count). The minimum atomic E-state index is -3.78. The fourth-order valence-electron chi connectivity index (χ4n) is 3.24. The maximum Gasteiger partial charge on any atom is 0.263 e. The number of rotatable bonds is 6. The molecule has 0 bridgehead atoms. The van der Waals surface area contributed by atoms with Crippen LogP contribution in [0.4, 0.5) is 0 Å². The van der Waals surface area contributed by atoms with Crippen LogP contribution >= 0.6 is 0 Å². The molecule has 1 aromatic carbocycles. The van der Waals surface area contributed by atoms with Crippen molar-refractivity contribution >= 4 is 15.9 Å². The Morgan fingerprint density at radius 2 is 1.96 bits per heavy atom. The average molecular weight is 391 g/mol. The van der Waals surface area contributed by atoms with Gasteiger partial charge in [-0.25, -0.2) is 8.42 Å². The summed E-state index contributed by atoms with van der Waals surface area (Å²) in [7, 11) is -3.78. The van der Waals surface area contributed by atoms with Crippen molar-refractivity contribution in [3.05, 3.63) is 47.2 Å². The van der Waals surface area contributed by atoms with Crippen LogP contribution in [0.25, 0.3) is 0 Å². The van der Waals surface area contributed by atoms with Gasteiger partial charge in [-0.05, 0) is 32.3 Å². The number of sulfonamides is 1. The van der Waals surface area contributed by atoms with Crippen LogP contribution in [0.2, 0.25) is 0 Å². The van der Waals surface area contributed by atoms with Gasteiger partial charge in [0.05, 0.1) is 5.56 Å². The maximum atomic E-state index is 13.0. The quantitative estimate of drug-likeness (QED) is 0.820. The monoisotopic (exact) mass is 390 g/mol. The van der Waals surface area contributed by atoms with Gasteiger partial charge < -0.3 is 5.32 Å². The topological polar surface area (TPSA) is 84.3 Å². The van der Waals surface area contributed by atoms with Crippen molar-refractivity contribution in [1.29, 1.82) is 0 Å². The lowest BCUT2D eigenvalue weighted by atomic mass is 10.1. The number of amides is 1. The molecule has 1 aliphatic heterocycles. The third-order valence-corrected chi connectivity index (χ3v) is 6.57. The van der Waals surface area contributed by atoms with Gasteiger partial charge in [-0.15, -0.1) is 0 Å². The van der Waals surface area contributed by atoms with E-state index in [-0.39, 0.29) is 10.6 Å². The highest BCUT2D eigenvalue weighted by atomic mass is 32.2. The van der Waals surface area contributed by atoms with Crippen LogP contribution < -0.4 is 5.32 Å². The first-order valence-electron chi connectivity index (χ1n) is 9.33. The van der Waals surface area contributed by atoms with Crippen LogP contribution in [0.1, 0.15) is 47.7 Å². The lowest BCUT2D eigenvalue weighted by Crippen LogP contribution is -2.37. The average Bonchev–Trinajstić information content (AvgIpc) is 3.12. The van der Waals surface area contributed by atoms with Crippen molar-refractivity contribution in [2.45, 2.75) is 51.2 Å². The molecule has 8 heteroatoms. The predicted octanol–water partition coefficient (Wildman–Crippen LogP) is 2.32. The molecule has 0 atom stereocenters. The maximum absolute atomic E-state index is 13.0. The molecule has 1 aliphatic rings. The van der Waals surface area contributed by atoms with E-state index in [1.54, 1.807) is 0 Å². The largest absolute Gasteiger partial charge is 0.348 e. The Hall–Kier alpha value is -2.19. The molecule has 1 saturated heterocycles. The van der Waals surface area contributed by atoms with Crippen LogP contribution in [0, 0.1) is 6.92 Å². The molecule has 2 heterocycles. The van der Waals surface area contributed by atoms with Crippen LogP contribution in [-0.2, 0) is 23.1 Å². The van der Waals surface area contributed by atoms with Gasteiger partial charge in [0.2, 0.25) is 5.03 Å². The van der Waals surface area contributed by atoms with Gasteiger partial charge in [0.1, 0.15) is 0 Å². The summed E-state index contributed by atoms with van der Waals surface area (Å²) in [6.45, 7) is 5.63. The predicted molar refractivity (Wildman–Crippen MR) is 103 cm³/mol. The third-order valence-electron chi connectivity index (χ3n) is 4.73. The zero-order valence-corrected chi connectivity index (χ0v) is 16.6. The van der Waals surface area contributed by atoms with Crippen molar-refractivity contribution in [2.24, 2.45) is 0 Å². The van der Waals surface area contributed by atoms with Gasteiger partial charge in [-0.1, -0.05) is 36.2 Å². The number of hydrogen-bond acceptors (Lipinski definition) is 4. The Kier molecular flexibility index (Phi) is 5.96. The number of carbonyl (C=O) groups excluding carboxylic acids is 1. The van der Waals surface area contributed by atoms with E-state index in [1.807, 2.05) is 38.1 Å². The normalized spacial score (nSPS) is 15.6. The zero-order valence-electron chi connectivity index (χ0n) is 15.8. The summed E-state index contributed by atoms with van der Waals surface area (Å²) in [4.78, 5) is 12.7. The Morgan fingerprint density at radius 1 is 1.22 bits per heavy atom. The van der Waals surface area contributed by atoms with Crippen molar-refractivity contribution in [1.82, 2.24) is 19.4 Å². The number of carbonyl (C=O) groups is 1. The molecule has 0 aliphatic carbocycles. The lowest BCUT2D eigenvalue weighted by molar-refractivity contribution is 0.0947. The van der Waals surface area contributed by atoms with Gasteiger partial charge >= 0.3 is 0 Å². The molecule has 1 amide bonds. The van der Waals surface area contributed by atoms with E-state index in [4.69, 9.17) is 0 Å². The second-order valence-electron chi connectivity index (χ2n) is 6.84. The van der Waals surface area contributed by atoms with Crippen LogP contribution in [0.5, 0.6) is 0 Å². The van der Waals surface area contributed by atoms with Crippen molar-refractivity contribution in [3.8, 4) is 0 Å². The summed E-state index contributed by atoms with van der Waals surface area (Å²) in [6, 6.07) is 7.83. The highest BCUT2D eigenvalue weighted by molar-refractivity contribution is 7.89. The fraction of sp³-hybridized carbons (Fsp3) is 0.474. The van der Waals surface area contributed by atoms with Gasteiger partial charge in [-0.2, -0.15) is 9.40 Å². The first-order valence-corrected chi connectivity index (χ1v) is 10.8. The summed E-state index contributed by atoms with van der Waals surface area (Å²) in [5.41, 5.74) is 2.18. The highest BCUT2D eigenvalue weighted by Crippen LogP contribution is 2.22. The number of hydrogen-bond donors (Lipinski definition) is 1. The molecule has 0 unspecified atom stereocenters.